The molecule has 0 aliphatic carbocycles. The first-order chi connectivity index (χ1) is 14.0. The van der Waals surface area contributed by atoms with Crippen molar-refractivity contribution in [3.05, 3.63) is 77.4 Å². The number of esters is 1. The van der Waals surface area contributed by atoms with Crippen LogP contribution in [0, 0.1) is 0 Å². The van der Waals surface area contributed by atoms with Crippen molar-refractivity contribution in [3.63, 3.8) is 0 Å². The number of nitrogens with zero attached hydrogens (tertiary/aromatic N) is 2. The van der Waals surface area contributed by atoms with E-state index in [0.717, 1.165) is 12.1 Å². The minimum Gasteiger partial charge on any atom is -0.465 e. The molecule has 0 spiro atoms. The molecule has 6 nitrogen and oxygen atoms in total. The van der Waals surface area contributed by atoms with Crippen molar-refractivity contribution in [2.24, 2.45) is 0 Å². The number of rotatable bonds is 7. The van der Waals surface area contributed by atoms with Crippen molar-refractivity contribution < 1.29 is 17.9 Å². The predicted octanol–water partition coefficient (Wildman–Crippen LogP) is 2.63. The van der Waals surface area contributed by atoms with E-state index in [1.807, 2.05) is 18.2 Å². The summed E-state index contributed by atoms with van der Waals surface area (Å²) < 4.78 is 31.7. The Labute approximate surface area is 172 Å². The van der Waals surface area contributed by atoms with Crippen molar-refractivity contribution in [1.29, 1.82) is 0 Å². The molecule has 0 N–H and O–H groups in total. The number of ether oxygens (including phenoxy) is 1. The van der Waals surface area contributed by atoms with Gasteiger partial charge in [0.1, 0.15) is 0 Å². The van der Waals surface area contributed by atoms with E-state index in [-0.39, 0.29) is 5.75 Å². The van der Waals surface area contributed by atoms with E-state index < -0.39 is 16.0 Å². The Bertz CT molecular complexity index is 933. The van der Waals surface area contributed by atoms with Gasteiger partial charge in [-0.25, -0.2) is 13.2 Å². The van der Waals surface area contributed by atoms with Crippen LogP contribution in [0.3, 0.4) is 0 Å². The van der Waals surface area contributed by atoms with E-state index >= 15 is 0 Å². The van der Waals surface area contributed by atoms with E-state index in [4.69, 9.17) is 0 Å². The van der Waals surface area contributed by atoms with Crippen LogP contribution in [0.15, 0.2) is 60.7 Å². The maximum absolute atomic E-state index is 12.7. The van der Waals surface area contributed by atoms with Crippen molar-refractivity contribution in [1.82, 2.24) is 9.21 Å². The molecule has 7 heteroatoms. The van der Waals surface area contributed by atoms with Gasteiger partial charge < -0.3 is 4.74 Å². The third-order valence-electron chi connectivity index (χ3n) is 4.92. The molecular formula is C22H26N2O4S. The zero-order valence-corrected chi connectivity index (χ0v) is 17.3. The molecule has 0 saturated carbocycles. The first-order valence-corrected chi connectivity index (χ1v) is 11.2. The van der Waals surface area contributed by atoms with Gasteiger partial charge in [0, 0.05) is 32.7 Å². The molecule has 3 rings (SSSR count). The highest BCUT2D eigenvalue weighted by Gasteiger charge is 2.26. The summed E-state index contributed by atoms with van der Waals surface area (Å²) in [5, 5.41) is 0. The van der Waals surface area contributed by atoms with Gasteiger partial charge in [-0.1, -0.05) is 54.6 Å². The van der Waals surface area contributed by atoms with Gasteiger partial charge >= 0.3 is 5.97 Å². The van der Waals surface area contributed by atoms with Crippen LogP contribution in [-0.2, 0) is 20.5 Å². The standard InChI is InChI=1S/C22H26N2O4S/c1-28-22(25)21-11-9-20(10-12-21)18-29(26,27)24-16-14-23(15-17-24)13-5-8-19-6-3-2-4-7-19/h2-12H,13-18H2,1H3/b8-5+. The van der Waals surface area contributed by atoms with Crippen LogP contribution in [0.25, 0.3) is 6.08 Å². The van der Waals surface area contributed by atoms with Crippen molar-refractivity contribution in [2.75, 3.05) is 39.8 Å². The minimum atomic E-state index is -3.39. The predicted molar refractivity (Wildman–Crippen MR) is 114 cm³/mol. The van der Waals surface area contributed by atoms with Gasteiger partial charge in [-0.2, -0.15) is 4.31 Å². The molecular weight excluding hydrogens is 388 g/mol. The molecule has 29 heavy (non-hydrogen) atoms. The molecule has 154 valence electrons. The van der Waals surface area contributed by atoms with Gasteiger partial charge in [-0.3, -0.25) is 4.90 Å². The Hall–Kier alpha value is -2.48. The fraction of sp³-hybridized carbons (Fsp3) is 0.318. The summed E-state index contributed by atoms with van der Waals surface area (Å²) in [6.45, 7) is 3.19. The van der Waals surface area contributed by atoms with Crippen molar-refractivity contribution in [2.45, 2.75) is 5.75 Å². The Morgan fingerprint density at radius 3 is 2.28 bits per heavy atom. The lowest BCUT2D eigenvalue weighted by molar-refractivity contribution is 0.0600. The fourth-order valence-corrected chi connectivity index (χ4v) is 4.76. The highest BCUT2D eigenvalue weighted by atomic mass is 32.2. The number of methoxy groups -OCH3 is 1. The number of piperazine rings is 1. The zero-order chi connectivity index (χ0) is 20.7. The summed E-state index contributed by atoms with van der Waals surface area (Å²) in [6.07, 6.45) is 4.20. The van der Waals surface area contributed by atoms with Gasteiger partial charge in [-0.15, -0.1) is 0 Å². The lowest BCUT2D eigenvalue weighted by Crippen LogP contribution is -2.48. The van der Waals surface area contributed by atoms with Crippen LogP contribution >= 0.6 is 0 Å². The van der Waals surface area contributed by atoms with Gasteiger partial charge in [0.15, 0.2) is 0 Å². The van der Waals surface area contributed by atoms with Crippen LogP contribution in [0.5, 0.6) is 0 Å². The van der Waals surface area contributed by atoms with E-state index in [1.165, 1.54) is 7.11 Å². The molecule has 2 aromatic rings. The number of carbonyl (C=O) groups excluding carboxylic acids is 1. The Kier molecular flexibility index (Phi) is 7.19. The number of sulfonamides is 1. The summed E-state index contributed by atoms with van der Waals surface area (Å²) >= 11 is 0. The lowest BCUT2D eigenvalue weighted by Gasteiger charge is -2.33. The topological polar surface area (TPSA) is 66.9 Å². The Morgan fingerprint density at radius 1 is 1.00 bits per heavy atom. The van der Waals surface area contributed by atoms with Gasteiger partial charge in [0.2, 0.25) is 10.0 Å². The smallest absolute Gasteiger partial charge is 0.337 e. The third-order valence-corrected chi connectivity index (χ3v) is 6.77. The van der Waals surface area contributed by atoms with E-state index in [9.17, 15) is 13.2 Å². The summed E-state index contributed by atoms with van der Waals surface area (Å²) in [6, 6.07) is 16.6. The van der Waals surface area contributed by atoms with Crippen LogP contribution in [0.1, 0.15) is 21.5 Å². The second-order valence-corrected chi connectivity index (χ2v) is 8.93. The van der Waals surface area contributed by atoms with Crippen molar-refractivity contribution in [3.8, 4) is 0 Å². The second kappa shape index (κ2) is 9.82. The monoisotopic (exact) mass is 414 g/mol. The molecule has 0 unspecified atom stereocenters. The van der Waals surface area contributed by atoms with Gasteiger partial charge in [0.05, 0.1) is 18.4 Å². The van der Waals surface area contributed by atoms with Gasteiger partial charge in [0.25, 0.3) is 0 Å². The van der Waals surface area contributed by atoms with Crippen molar-refractivity contribution >= 4 is 22.1 Å². The lowest BCUT2D eigenvalue weighted by atomic mass is 10.1. The molecule has 0 aromatic heterocycles. The van der Waals surface area contributed by atoms with Crippen LogP contribution in [-0.4, -0.2) is 63.4 Å². The second-order valence-electron chi connectivity index (χ2n) is 6.96. The molecule has 0 bridgehead atoms. The molecule has 1 heterocycles. The average molecular weight is 415 g/mol. The molecule has 1 fully saturated rings. The third kappa shape index (κ3) is 6.00. The number of hydrogen-bond acceptors (Lipinski definition) is 5. The number of hydrogen-bond donors (Lipinski definition) is 0. The maximum atomic E-state index is 12.7. The maximum Gasteiger partial charge on any atom is 0.337 e. The average Bonchev–Trinajstić information content (AvgIpc) is 2.74. The van der Waals surface area contributed by atoms with Crippen LogP contribution in [0.4, 0.5) is 0 Å². The molecule has 1 saturated heterocycles. The van der Waals surface area contributed by atoms with Crippen LogP contribution < -0.4 is 0 Å². The first kappa shape index (κ1) is 21.2. The summed E-state index contributed by atoms with van der Waals surface area (Å²) in [7, 11) is -2.07. The zero-order valence-electron chi connectivity index (χ0n) is 16.5. The summed E-state index contributed by atoms with van der Waals surface area (Å²) in [5.74, 6) is -0.501. The molecule has 1 aliphatic heterocycles. The largest absolute Gasteiger partial charge is 0.465 e. The fourth-order valence-electron chi connectivity index (χ4n) is 3.25. The molecule has 0 amide bonds. The van der Waals surface area contributed by atoms with Gasteiger partial charge in [-0.05, 0) is 23.3 Å². The number of benzene rings is 2. The summed E-state index contributed by atoms with van der Waals surface area (Å²) in [4.78, 5) is 13.7. The van der Waals surface area contributed by atoms with Crippen LogP contribution in [0.2, 0.25) is 0 Å². The Morgan fingerprint density at radius 2 is 1.66 bits per heavy atom. The highest BCUT2D eigenvalue weighted by Crippen LogP contribution is 2.15. The van der Waals surface area contributed by atoms with E-state index in [0.29, 0.717) is 37.3 Å². The quantitative estimate of drug-likeness (QED) is 0.652. The van der Waals surface area contributed by atoms with E-state index in [1.54, 1.807) is 28.6 Å². The highest BCUT2D eigenvalue weighted by molar-refractivity contribution is 7.88. The van der Waals surface area contributed by atoms with E-state index in [2.05, 4.69) is 33.9 Å². The normalized spacial score (nSPS) is 16.2. The molecule has 1 aliphatic rings. The SMILES string of the molecule is COC(=O)c1ccc(CS(=O)(=O)N2CCN(C/C=C/c3ccccc3)CC2)cc1. The molecule has 0 atom stereocenters. The minimum absolute atomic E-state index is 0.0671. The molecule has 2 aromatic carbocycles. The summed E-state index contributed by atoms with van der Waals surface area (Å²) in [5.41, 5.74) is 2.23. The molecule has 0 radical (unpaired) electrons. The number of carbonyl (C=O) groups is 1. The first-order valence-electron chi connectivity index (χ1n) is 9.57. The Balaban J connectivity index is 1.50.